The average Bonchev–Trinajstić information content (AvgIpc) is 2.63. The second-order valence-corrected chi connectivity index (χ2v) is 4.58. The van der Waals surface area contributed by atoms with Gasteiger partial charge in [0.25, 0.3) is 0 Å². The molecule has 0 heterocycles. The molecule has 1 heteroatoms. The van der Waals surface area contributed by atoms with Gasteiger partial charge >= 0.3 is 0 Å². The topological polar surface area (TPSA) is 20.2 Å². The lowest BCUT2D eigenvalue weighted by Crippen LogP contribution is -2.31. The van der Waals surface area contributed by atoms with Gasteiger partial charge < -0.3 is 5.11 Å². The molecule has 0 radical (unpaired) electrons. The number of aliphatic hydroxyl groups excluding tert-OH is 1. The van der Waals surface area contributed by atoms with Gasteiger partial charge in [0.15, 0.2) is 0 Å². The second-order valence-electron chi connectivity index (χ2n) is 4.58. The Kier molecular flexibility index (Phi) is 4.24. The number of rotatable bonds is 5. The number of aliphatic hydroxyl groups is 1. The molecular weight excluding hydrogens is 160 g/mol. The van der Waals surface area contributed by atoms with Gasteiger partial charge in [0, 0.05) is 0 Å². The van der Waals surface area contributed by atoms with Crippen molar-refractivity contribution in [1.29, 1.82) is 0 Å². The smallest absolute Gasteiger partial charge is 0.0596 e. The summed E-state index contributed by atoms with van der Waals surface area (Å²) in [5.41, 5.74) is 0.301. The minimum atomic E-state index is -0.0278. The highest BCUT2D eigenvalue weighted by Gasteiger charge is 2.38. The lowest BCUT2D eigenvalue weighted by molar-refractivity contribution is 0.0174. The lowest BCUT2D eigenvalue weighted by Gasteiger charge is -2.33. The first-order valence-electron chi connectivity index (χ1n) is 5.93. The SMILES string of the molecule is CCCCC(O)C1(CC)CCCC1. The molecule has 1 N–H and O–H groups in total. The minimum Gasteiger partial charge on any atom is -0.393 e. The Labute approximate surface area is 82.5 Å². The molecule has 1 aliphatic carbocycles. The summed E-state index contributed by atoms with van der Waals surface area (Å²) >= 11 is 0. The van der Waals surface area contributed by atoms with Gasteiger partial charge in [-0.15, -0.1) is 0 Å². The van der Waals surface area contributed by atoms with E-state index in [1.54, 1.807) is 0 Å². The third-order valence-electron chi connectivity index (χ3n) is 3.84. The maximum absolute atomic E-state index is 10.1. The monoisotopic (exact) mass is 184 g/mol. The summed E-state index contributed by atoms with van der Waals surface area (Å²) in [7, 11) is 0. The van der Waals surface area contributed by atoms with E-state index in [1.165, 1.54) is 38.5 Å². The van der Waals surface area contributed by atoms with E-state index in [2.05, 4.69) is 13.8 Å². The van der Waals surface area contributed by atoms with Gasteiger partial charge in [-0.05, 0) is 31.1 Å². The highest BCUT2D eigenvalue weighted by atomic mass is 16.3. The Morgan fingerprint density at radius 3 is 2.31 bits per heavy atom. The predicted octanol–water partition coefficient (Wildman–Crippen LogP) is 3.51. The first kappa shape index (κ1) is 11.0. The summed E-state index contributed by atoms with van der Waals surface area (Å²) in [5.74, 6) is 0. The summed E-state index contributed by atoms with van der Waals surface area (Å²) in [6, 6.07) is 0. The van der Waals surface area contributed by atoms with Crippen molar-refractivity contribution in [2.45, 2.75) is 71.3 Å². The highest BCUT2D eigenvalue weighted by Crippen LogP contribution is 2.45. The van der Waals surface area contributed by atoms with Gasteiger partial charge in [-0.3, -0.25) is 0 Å². The van der Waals surface area contributed by atoms with Crippen molar-refractivity contribution in [2.24, 2.45) is 5.41 Å². The third-order valence-corrected chi connectivity index (χ3v) is 3.84. The van der Waals surface area contributed by atoms with Crippen molar-refractivity contribution in [3.05, 3.63) is 0 Å². The molecule has 1 unspecified atom stereocenters. The van der Waals surface area contributed by atoms with E-state index in [4.69, 9.17) is 0 Å². The molecule has 0 bridgehead atoms. The zero-order valence-corrected chi connectivity index (χ0v) is 9.18. The molecule has 1 rings (SSSR count). The molecule has 0 spiro atoms. The summed E-state index contributed by atoms with van der Waals surface area (Å²) < 4.78 is 0. The molecule has 1 saturated carbocycles. The predicted molar refractivity (Wildman–Crippen MR) is 56.7 cm³/mol. The summed E-state index contributed by atoms with van der Waals surface area (Å²) in [4.78, 5) is 0. The fourth-order valence-corrected chi connectivity index (χ4v) is 2.71. The molecule has 1 aliphatic rings. The largest absolute Gasteiger partial charge is 0.393 e. The van der Waals surface area contributed by atoms with E-state index < -0.39 is 0 Å². The van der Waals surface area contributed by atoms with Crippen LogP contribution in [0, 0.1) is 5.41 Å². The van der Waals surface area contributed by atoms with Crippen LogP contribution in [-0.2, 0) is 0 Å². The van der Waals surface area contributed by atoms with E-state index in [0.29, 0.717) is 5.41 Å². The van der Waals surface area contributed by atoms with E-state index in [1.807, 2.05) is 0 Å². The Balaban J connectivity index is 2.44. The Morgan fingerprint density at radius 1 is 1.23 bits per heavy atom. The van der Waals surface area contributed by atoms with Gasteiger partial charge in [0.1, 0.15) is 0 Å². The standard InChI is InChI=1S/C12H24O/c1-3-5-8-11(13)12(4-2)9-6-7-10-12/h11,13H,3-10H2,1-2H3. The molecule has 0 aliphatic heterocycles. The third kappa shape index (κ3) is 2.46. The van der Waals surface area contributed by atoms with Crippen LogP contribution < -0.4 is 0 Å². The zero-order chi connectivity index (χ0) is 9.73. The lowest BCUT2D eigenvalue weighted by atomic mass is 9.76. The van der Waals surface area contributed by atoms with Crippen LogP contribution in [0.5, 0.6) is 0 Å². The molecule has 1 fully saturated rings. The Morgan fingerprint density at radius 2 is 1.85 bits per heavy atom. The fourth-order valence-electron chi connectivity index (χ4n) is 2.71. The number of hydrogen-bond acceptors (Lipinski definition) is 1. The van der Waals surface area contributed by atoms with E-state index in [-0.39, 0.29) is 6.10 Å². The van der Waals surface area contributed by atoms with Crippen molar-refractivity contribution in [1.82, 2.24) is 0 Å². The van der Waals surface area contributed by atoms with Crippen LogP contribution in [-0.4, -0.2) is 11.2 Å². The Hall–Kier alpha value is -0.0400. The van der Waals surface area contributed by atoms with Crippen LogP contribution in [0.25, 0.3) is 0 Å². The van der Waals surface area contributed by atoms with Crippen LogP contribution >= 0.6 is 0 Å². The highest BCUT2D eigenvalue weighted by molar-refractivity contribution is 4.89. The molecule has 0 amide bonds. The van der Waals surface area contributed by atoms with Crippen LogP contribution in [0.15, 0.2) is 0 Å². The molecule has 0 aromatic rings. The Bertz CT molecular complexity index is 136. The molecule has 0 aromatic heterocycles. The molecule has 0 aromatic carbocycles. The van der Waals surface area contributed by atoms with Crippen molar-refractivity contribution >= 4 is 0 Å². The van der Waals surface area contributed by atoms with E-state index >= 15 is 0 Å². The van der Waals surface area contributed by atoms with Crippen molar-refractivity contribution in [2.75, 3.05) is 0 Å². The molecular formula is C12H24O. The number of unbranched alkanes of at least 4 members (excludes halogenated alkanes) is 1. The number of hydrogen-bond donors (Lipinski definition) is 1. The summed E-state index contributed by atoms with van der Waals surface area (Å²) in [6.07, 6.45) is 9.72. The second kappa shape index (κ2) is 4.99. The van der Waals surface area contributed by atoms with Crippen molar-refractivity contribution in [3.8, 4) is 0 Å². The van der Waals surface area contributed by atoms with Gasteiger partial charge in [0.2, 0.25) is 0 Å². The molecule has 78 valence electrons. The molecule has 1 nitrogen and oxygen atoms in total. The van der Waals surface area contributed by atoms with Gasteiger partial charge in [0.05, 0.1) is 6.10 Å². The van der Waals surface area contributed by atoms with Crippen molar-refractivity contribution < 1.29 is 5.11 Å². The quantitative estimate of drug-likeness (QED) is 0.693. The van der Waals surface area contributed by atoms with Crippen LogP contribution in [0.4, 0.5) is 0 Å². The van der Waals surface area contributed by atoms with Gasteiger partial charge in [-0.2, -0.15) is 0 Å². The van der Waals surface area contributed by atoms with Crippen LogP contribution in [0.3, 0.4) is 0 Å². The van der Waals surface area contributed by atoms with Gasteiger partial charge in [-0.25, -0.2) is 0 Å². The molecule has 0 saturated heterocycles. The maximum Gasteiger partial charge on any atom is 0.0596 e. The van der Waals surface area contributed by atoms with Crippen LogP contribution in [0.1, 0.15) is 65.2 Å². The van der Waals surface area contributed by atoms with E-state index in [0.717, 1.165) is 12.8 Å². The first-order valence-corrected chi connectivity index (χ1v) is 5.93. The summed E-state index contributed by atoms with van der Waals surface area (Å²) in [6.45, 7) is 4.43. The normalized spacial score (nSPS) is 23.3. The fraction of sp³-hybridized carbons (Fsp3) is 1.00. The van der Waals surface area contributed by atoms with Crippen molar-refractivity contribution in [3.63, 3.8) is 0 Å². The van der Waals surface area contributed by atoms with Crippen LogP contribution in [0.2, 0.25) is 0 Å². The minimum absolute atomic E-state index is 0.0278. The van der Waals surface area contributed by atoms with E-state index in [9.17, 15) is 5.11 Å². The summed E-state index contributed by atoms with van der Waals surface area (Å²) in [5, 5.41) is 10.1. The molecule has 1 atom stereocenters. The zero-order valence-electron chi connectivity index (χ0n) is 9.18. The maximum atomic E-state index is 10.1. The molecule has 13 heavy (non-hydrogen) atoms. The van der Waals surface area contributed by atoms with Gasteiger partial charge in [-0.1, -0.05) is 39.5 Å². The average molecular weight is 184 g/mol. The first-order chi connectivity index (χ1) is 6.25.